The average Bonchev–Trinajstić information content (AvgIpc) is 3.24. The van der Waals surface area contributed by atoms with Gasteiger partial charge in [-0.2, -0.15) is 0 Å². The van der Waals surface area contributed by atoms with Gasteiger partial charge in [-0.05, 0) is 24.3 Å². The first-order valence-corrected chi connectivity index (χ1v) is 9.24. The van der Waals surface area contributed by atoms with Gasteiger partial charge >= 0.3 is 0 Å². The number of thiophene rings is 2. The summed E-state index contributed by atoms with van der Waals surface area (Å²) in [6.07, 6.45) is 1.54. The maximum absolute atomic E-state index is 11.2. The number of Topliss-reactive ketones (excluding diaryl/α,β-unsaturated/α-hetero) is 1. The summed E-state index contributed by atoms with van der Waals surface area (Å²) in [6.45, 7) is 1.52. The van der Waals surface area contributed by atoms with Gasteiger partial charge in [-0.25, -0.2) is 4.98 Å². The smallest absolute Gasteiger partial charge is 0.230 e. The second-order valence-electron chi connectivity index (χ2n) is 4.93. The minimum atomic E-state index is -0.00301. The summed E-state index contributed by atoms with van der Waals surface area (Å²) in [4.78, 5) is 20.4. The highest BCUT2D eigenvalue weighted by Gasteiger charge is 2.08. The van der Waals surface area contributed by atoms with E-state index in [9.17, 15) is 4.79 Å². The van der Waals surface area contributed by atoms with Crippen molar-refractivity contribution in [1.29, 1.82) is 0 Å². The lowest BCUT2D eigenvalue weighted by Gasteiger charge is -2.06. The molecule has 0 unspecified atom stereocenters. The summed E-state index contributed by atoms with van der Waals surface area (Å²) in [7, 11) is 4.07. The van der Waals surface area contributed by atoms with Crippen molar-refractivity contribution >= 4 is 54.9 Å². The van der Waals surface area contributed by atoms with Crippen molar-refractivity contribution in [2.45, 2.75) is 6.92 Å². The molecular formula is C15H14N4OS3. The van der Waals surface area contributed by atoms with Crippen molar-refractivity contribution in [2.75, 3.05) is 19.0 Å². The zero-order valence-corrected chi connectivity index (χ0v) is 15.3. The number of nitrogens with zero attached hydrogens (tertiary/aromatic N) is 4. The van der Waals surface area contributed by atoms with Crippen LogP contribution in [0.5, 0.6) is 0 Å². The average molecular weight is 363 g/mol. The molecule has 0 aliphatic heterocycles. The van der Waals surface area contributed by atoms with Crippen LogP contribution >= 0.6 is 34.0 Å². The minimum Gasteiger partial charge on any atom is -0.370 e. The van der Waals surface area contributed by atoms with E-state index >= 15 is 0 Å². The highest BCUT2D eigenvalue weighted by atomic mass is 32.1. The van der Waals surface area contributed by atoms with Crippen LogP contribution in [-0.2, 0) is 0 Å². The van der Waals surface area contributed by atoms with Crippen molar-refractivity contribution in [2.24, 2.45) is 10.2 Å². The van der Waals surface area contributed by atoms with Crippen LogP contribution in [0, 0.1) is 0 Å². The second-order valence-corrected chi connectivity index (χ2v) is 8.07. The summed E-state index contributed by atoms with van der Waals surface area (Å²) in [5.74, 6) is -0.00301. The van der Waals surface area contributed by atoms with E-state index < -0.39 is 0 Å². The van der Waals surface area contributed by atoms with E-state index in [0.717, 1.165) is 5.00 Å². The molecule has 23 heavy (non-hydrogen) atoms. The molecule has 0 radical (unpaired) electrons. The van der Waals surface area contributed by atoms with Gasteiger partial charge in [-0.1, -0.05) is 11.3 Å². The molecule has 118 valence electrons. The number of azo groups is 1. The van der Waals surface area contributed by atoms with Crippen LogP contribution in [0.3, 0.4) is 0 Å². The Kier molecular flexibility index (Phi) is 4.65. The summed E-state index contributed by atoms with van der Waals surface area (Å²) in [5.41, 5.74) is 0. The number of hydrogen-bond donors (Lipinski definition) is 0. The number of carbonyl (C=O) groups excluding carboxylic acids is 1. The zero-order chi connectivity index (χ0) is 16.4. The Hall–Kier alpha value is -1.90. The van der Waals surface area contributed by atoms with Gasteiger partial charge in [-0.15, -0.1) is 32.9 Å². The Balaban J connectivity index is 1.75. The van der Waals surface area contributed by atoms with Crippen LogP contribution < -0.4 is 4.90 Å². The molecule has 8 heteroatoms. The predicted octanol–water partition coefficient (Wildman–Crippen LogP) is 5.62. The third-order valence-corrected chi connectivity index (χ3v) is 6.34. The SMILES string of the molecule is CC(=O)c1cnc(/N=N/c2ccc(-c3ccc(N(C)C)s3)s2)s1. The van der Waals surface area contributed by atoms with Gasteiger partial charge in [0, 0.05) is 30.8 Å². The fraction of sp³-hybridized carbons (Fsp3) is 0.200. The van der Waals surface area contributed by atoms with Crippen molar-refractivity contribution in [3.05, 3.63) is 35.3 Å². The third-order valence-electron chi connectivity index (χ3n) is 2.94. The van der Waals surface area contributed by atoms with Gasteiger partial charge in [0.15, 0.2) is 5.78 Å². The first kappa shape index (κ1) is 16.0. The molecule has 0 aliphatic carbocycles. The van der Waals surface area contributed by atoms with Crippen molar-refractivity contribution in [1.82, 2.24) is 4.98 Å². The quantitative estimate of drug-likeness (QED) is 0.437. The van der Waals surface area contributed by atoms with Crippen LogP contribution in [0.25, 0.3) is 9.75 Å². The van der Waals surface area contributed by atoms with Crippen LogP contribution in [0.4, 0.5) is 15.1 Å². The van der Waals surface area contributed by atoms with Crippen molar-refractivity contribution < 1.29 is 4.79 Å². The molecule has 0 amide bonds. The minimum absolute atomic E-state index is 0.00301. The van der Waals surface area contributed by atoms with Gasteiger partial charge in [0.2, 0.25) is 5.13 Å². The van der Waals surface area contributed by atoms with Crippen LogP contribution in [-0.4, -0.2) is 24.9 Å². The molecule has 0 saturated heterocycles. The van der Waals surface area contributed by atoms with E-state index in [0.29, 0.717) is 10.0 Å². The largest absolute Gasteiger partial charge is 0.370 e. The van der Waals surface area contributed by atoms with Gasteiger partial charge < -0.3 is 4.90 Å². The topological polar surface area (TPSA) is 57.9 Å². The molecule has 3 rings (SSSR count). The summed E-state index contributed by atoms with van der Waals surface area (Å²) < 4.78 is 0. The Bertz CT molecular complexity index is 860. The number of rotatable bonds is 5. The maximum Gasteiger partial charge on any atom is 0.230 e. The van der Waals surface area contributed by atoms with E-state index in [1.54, 1.807) is 22.7 Å². The lowest BCUT2D eigenvalue weighted by molar-refractivity contribution is 0.102. The summed E-state index contributed by atoms with van der Waals surface area (Å²) in [6, 6.07) is 8.22. The Labute approximate surface area is 146 Å². The number of carbonyl (C=O) groups is 1. The lowest BCUT2D eigenvalue weighted by atomic mass is 10.4. The molecule has 3 aromatic heterocycles. The van der Waals surface area contributed by atoms with Crippen molar-refractivity contribution in [3.63, 3.8) is 0 Å². The Morgan fingerprint density at radius 2 is 1.78 bits per heavy atom. The Morgan fingerprint density at radius 3 is 2.43 bits per heavy atom. The molecule has 0 atom stereocenters. The maximum atomic E-state index is 11.2. The van der Waals surface area contributed by atoms with Crippen LogP contribution in [0.2, 0.25) is 0 Å². The molecule has 0 aliphatic rings. The fourth-order valence-corrected chi connectivity index (χ4v) is 4.26. The molecule has 0 spiro atoms. The standard InChI is InChI=1S/C15H14N4OS3/c1-9(20)12-8-16-15(23-12)18-17-13-6-4-10(21-13)11-5-7-14(22-11)19(2)3/h4-8H,1-3H3/b18-17+. The molecule has 0 bridgehead atoms. The number of ketones is 1. The fourth-order valence-electron chi connectivity index (χ4n) is 1.78. The molecule has 3 aromatic rings. The van der Waals surface area contributed by atoms with Gasteiger partial charge in [0.05, 0.1) is 16.1 Å². The number of aromatic nitrogens is 1. The molecule has 0 aromatic carbocycles. The van der Waals surface area contributed by atoms with Crippen LogP contribution in [0.1, 0.15) is 16.6 Å². The van der Waals surface area contributed by atoms with Gasteiger partial charge in [0.1, 0.15) is 5.00 Å². The Morgan fingerprint density at radius 1 is 1.04 bits per heavy atom. The molecule has 3 heterocycles. The zero-order valence-electron chi connectivity index (χ0n) is 12.8. The molecular weight excluding hydrogens is 348 g/mol. The first-order valence-electron chi connectivity index (χ1n) is 6.79. The molecule has 0 N–H and O–H groups in total. The van der Waals surface area contributed by atoms with E-state index in [1.807, 2.05) is 26.2 Å². The monoisotopic (exact) mass is 362 g/mol. The van der Waals surface area contributed by atoms with E-state index in [1.165, 1.54) is 39.2 Å². The van der Waals surface area contributed by atoms with Gasteiger partial charge in [0.25, 0.3) is 0 Å². The lowest BCUT2D eigenvalue weighted by Crippen LogP contribution is -2.05. The highest BCUT2D eigenvalue weighted by Crippen LogP contribution is 2.39. The number of hydrogen-bond acceptors (Lipinski definition) is 8. The molecule has 0 saturated carbocycles. The number of anilines is 1. The first-order chi connectivity index (χ1) is 11.0. The van der Waals surface area contributed by atoms with E-state index in [-0.39, 0.29) is 5.78 Å². The van der Waals surface area contributed by atoms with Crippen LogP contribution in [0.15, 0.2) is 40.7 Å². The second kappa shape index (κ2) is 6.69. The number of thiazole rings is 1. The highest BCUT2D eigenvalue weighted by molar-refractivity contribution is 7.25. The summed E-state index contributed by atoms with van der Waals surface area (Å²) in [5, 5.41) is 10.9. The summed E-state index contributed by atoms with van der Waals surface area (Å²) >= 11 is 4.58. The predicted molar refractivity (Wildman–Crippen MR) is 98.3 cm³/mol. The van der Waals surface area contributed by atoms with Crippen molar-refractivity contribution in [3.8, 4) is 9.75 Å². The molecule has 0 fully saturated rings. The molecule has 5 nitrogen and oxygen atoms in total. The van der Waals surface area contributed by atoms with E-state index in [2.05, 4.69) is 32.2 Å². The van der Waals surface area contributed by atoms with Gasteiger partial charge in [-0.3, -0.25) is 4.79 Å². The van der Waals surface area contributed by atoms with E-state index in [4.69, 9.17) is 0 Å². The third kappa shape index (κ3) is 3.72. The normalized spacial score (nSPS) is 11.3.